The van der Waals surface area contributed by atoms with Crippen LogP contribution in [0.3, 0.4) is 0 Å². The summed E-state index contributed by atoms with van der Waals surface area (Å²) >= 11 is 1.47. The molecule has 0 bridgehead atoms. The Morgan fingerprint density at radius 1 is 1.11 bits per heavy atom. The van der Waals surface area contributed by atoms with Gasteiger partial charge in [-0.15, -0.1) is 11.3 Å². The molecule has 0 atom stereocenters. The molecular weight excluding hydrogens is 368 g/mol. The van der Waals surface area contributed by atoms with Crippen molar-refractivity contribution in [1.29, 1.82) is 0 Å². The summed E-state index contributed by atoms with van der Waals surface area (Å²) in [5.41, 5.74) is 2.99. The molecule has 5 nitrogen and oxygen atoms in total. The van der Waals surface area contributed by atoms with Crippen molar-refractivity contribution in [3.05, 3.63) is 75.4 Å². The highest BCUT2D eigenvalue weighted by Gasteiger charge is 2.16. The van der Waals surface area contributed by atoms with Crippen LogP contribution >= 0.6 is 11.3 Å². The van der Waals surface area contributed by atoms with Gasteiger partial charge in [0.1, 0.15) is 10.7 Å². The SMILES string of the molecule is Cc1nc(Cc2ccccc2)sc1C(=O)NCc1ccc(N2CCCC2)nc1. The van der Waals surface area contributed by atoms with Gasteiger partial charge in [0.25, 0.3) is 5.91 Å². The molecular formula is C22H24N4OS. The third-order valence-electron chi connectivity index (χ3n) is 4.94. The number of anilines is 1. The van der Waals surface area contributed by atoms with Crippen LogP contribution in [0, 0.1) is 6.92 Å². The fourth-order valence-electron chi connectivity index (χ4n) is 3.43. The van der Waals surface area contributed by atoms with Gasteiger partial charge in [-0.2, -0.15) is 0 Å². The van der Waals surface area contributed by atoms with Crippen LogP contribution in [0.4, 0.5) is 5.82 Å². The molecule has 144 valence electrons. The van der Waals surface area contributed by atoms with E-state index in [4.69, 9.17) is 0 Å². The third-order valence-corrected chi connectivity index (χ3v) is 6.09. The van der Waals surface area contributed by atoms with Gasteiger partial charge < -0.3 is 10.2 Å². The Labute approximate surface area is 169 Å². The molecule has 0 saturated carbocycles. The summed E-state index contributed by atoms with van der Waals surface area (Å²) in [6.07, 6.45) is 5.08. The number of aryl methyl sites for hydroxylation is 1. The zero-order valence-corrected chi connectivity index (χ0v) is 16.8. The smallest absolute Gasteiger partial charge is 0.263 e. The molecule has 3 heterocycles. The summed E-state index contributed by atoms with van der Waals surface area (Å²) < 4.78 is 0. The summed E-state index contributed by atoms with van der Waals surface area (Å²) in [5.74, 6) is 0.953. The first-order chi connectivity index (χ1) is 13.7. The molecule has 1 saturated heterocycles. The van der Waals surface area contributed by atoms with Crippen molar-refractivity contribution in [1.82, 2.24) is 15.3 Å². The highest BCUT2D eigenvalue weighted by atomic mass is 32.1. The second-order valence-electron chi connectivity index (χ2n) is 7.09. The van der Waals surface area contributed by atoms with Gasteiger partial charge in [0.15, 0.2) is 0 Å². The third kappa shape index (κ3) is 4.39. The lowest BCUT2D eigenvalue weighted by Crippen LogP contribution is -2.23. The Kier molecular flexibility index (Phi) is 5.67. The van der Waals surface area contributed by atoms with Crippen molar-refractivity contribution in [2.24, 2.45) is 0 Å². The zero-order chi connectivity index (χ0) is 19.3. The van der Waals surface area contributed by atoms with Gasteiger partial charge in [-0.1, -0.05) is 36.4 Å². The molecule has 0 aliphatic carbocycles. The van der Waals surface area contributed by atoms with E-state index in [9.17, 15) is 4.79 Å². The van der Waals surface area contributed by atoms with Crippen LogP contribution in [-0.2, 0) is 13.0 Å². The minimum atomic E-state index is -0.0714. The molecule has 2 aromatic heterocycles. The number of amides is 1. The number of hydrogen-bond donors (Lipinski definition) is 1. The molecule has 1 fully saturated rings. The van der Waals surface area contributed by atoms with Crippen LogP contribution in [-0.4, -0.2) is 29.0 Å². The average Bonchev–Trinajstić information content (AvgIpc) is 3.37. The van der Waals surface area contributed by atoms with Gasteiger partial charge in [-0.25, -0.2) is 9.97 Å². The summed E-state index contributed by atoms with van der Waals surface area (Å²) in [6.45, 7) is 4.53. The number of nitrogens with one attached hydrogen (secondary N) is 1. The number of pyridine rings is 1. The van der Waals surface area contributed by atoms with Crippen LogP contribution < -0.4 is 10.2 Å². The molecule has 1 aliphatic rings. The highest BCUT2D eigenvalue weighted by Crippen LogP contribution is 2.21. The summed E-state index contributed by atoms with van der Waals surface area (Å²) in [4.78, 5) is 24.7. The number of carbonyl (C=O) groups excluding carboxylic acids is 1. The molecule has 28 heavy (non-hydrogen) atoms. The number of hydrogen-bond acceptors (Lipinski definition) is 5. The molecule has 1 N–H and O–H groups in total. The van der Waals surface area contributed by atoms with Gasteiger partial charge in [-0.05, 0) is 37.0 Å². The van der Waals surface area contributed by atoms with Crippen LogP contribution in [0.2, 0.25) is 0 Å². The molecule has 4 rings (SSSR count). The van der Waals surface area contributed by atoms with E-state index in [1.807, 2.05) is 43.5 Å². The van der Waals surface area contributed by atoms with E-state index in [1.165, 1.54) is 29.7 Å². The van der Waals surface area contributed by atoms with Gasteiger partial charge in [0.05, 0.1) is 10.7 Å². The Morgan fingerprint density at radius 3 is 2.61 bits per heavy atom. The van der Waals surface area contributed by atoms with E-state index in [1.54, 1.807) is 0 Å². The minimum Gasteiger partial charge on any atom is -0.357 e. The fourth-order valence-corrected chi connectivity index (χ4v) is 4.44. The number of rotatable bonds is 6. The lowest BCUT2D eigenvalue weighted by Gasteiger charge is -2.16. The van der Waals surface area contributed by atoms with E-state index < -0.39 is 0 Å². The number of aromatic nitrogens is 2. The maximum atomic E-state index is 12.6. The monoisotopic (exact) mass is 392 g/mol. The number of carbonyl (C=O) groups is 1. The topological polar surface area (TPSA) is 58.1 Å². The maximum absolute atomic E-state index is 12.6. The molecule has 6 heteroatoms. The quantitative estimate of drug-likeness (QED) is 0.690. The standard InChI is InChI=1S/C22H24N4OS/c1-16-21(28-20(25-16)13-17-7-3-2-4-8-17)22(27)24-15-18-9-10-19(23-14-18)26-11-5-6-12-26/h2-4,7-10,14H,5-6,11-13,15H2,1H3,(H,24,27). The maximum Gasteiger partial charge on any atom is 0.263 e. The molecule has 0 unspecified atom stereocenters. The average molecular weight is 393 g/mol. The Bertz CT molecular complexity index is 931. The lowest BCUT2D eigenvalue weighted by molar-refractivity contribution is 0.0954. The van der Waals surface area contributed by atoms with Crippen molar-refractivity contribution in [2.75, 3.05) is 18.0 Å². The van der Waals surface area contributed by atoms with E-state index in [0.29, 0.717) is 11.4 Å². The predicted molar refractivity (Wildman–Crippen MR) is 113 cm³/mol. The van der Waals surface area contributed by atoms with Crippen LogP contribution in [0.25, 0.3) is 0 Å². The first-order valence-corrected chi connectivity index (χ1v) is 10.5. The van der Waals surface area contributed by atoms with Crippen LogP contribution in [0.1, 0.15) is 44.3 Å². The number of benzene rings is 1. The molecule has 1 amide bonds. The van der Waals surface area contributed by atoms with Crippen molar-refractivity contribution < 1.29 is 4.79 Å². The normalized spacial score (nSPS) is 13.7. The van der Waals surface area contributed by atoms with Gasteiger partial charge in [0, 0.05) is 32.3 Å². The summed E-state index contributed by atoms with van der Waals surface area (Å²) in [5, 5.41) is 3.96. The van der Waals surface area contributed by atoms with Crippen molar-refractivity contribution in [3.8, 4) is 0 Å². The molecule has 1 aromatic carbocycles. The van der Waals surface area contributed by atoms with Crippen LogP contribution in [0.15, 0.2) is 48.7 Å². The Hall–Kier alpha value is -2.73. The predicted octanol–water partition coefficient (Wildman–Crippen LogP) is 3.97. The first-order valence-electron chi connectivity index (χ1n) is 9.67. The minimum absolute atomic E-state index is 0.0714. The summed E-state index contributed by atoms with van der Waals surface area (Å²) in [6, 6.07) is 14.3. The molecule has 1 aliphatic heterocycles. The van der Waals surface area contributed by atoms with Crippen LogP contribution in [0.5, 0.6) is 0 Å². The highest BCUT2D eigenvalue weighted by molar-refractivity contribution is 7.13. The second kappa shape index (κ2) is 8.52. The molecule has 3 aromatic rings. The largest absolute Gasteiger partial charge is 0.357 e. The molecule has 0 spiro atoms. The number of thiazole rings is 1. The van der Waals surface area contributed by atoms with Gasteiger partial charge in [-0.3, -0.25) is 4.79 Å². The Morgan fingerprint density at radius 2 is 1.89 bits per heavy atom. The first kappa shape index (κ1) is 18.6. The van der Waals surface area contributed by atoms with E-state index in [0.717, 1.165) is 41.6 Å². The van der Waals surface area contributed by atoms with E-state index >= 15 is 0 Å². The number of nitrogens with zero attached hydrogens (tertiary/aromatic N) is 3. The van der Waals surface area contributed by atoms with Crippen molar-refractivity contribution >= 4 is 23.1 Å². The lowest BCUT2D eigenvalue weighted by atomic mass is 10.2. The molecule has 0 radical (unpaired) electrons. The van der Waals surface area contributed by atoms with Crippen molar-refractivity contribution in [2.45, 2.75) is 32.7 Å². The second-order valence-corrected chi connectivity index (χ2v) is 8.17. The van der Waals surface area contributed by atoms with E-state index in [-0.39, 0.29) is 5.91 Å². The van der Waals surface area contributed by atoms with E-state index in [2.05, 4.69) is 32.3 Å². The van der Waals surface area contributed by atoms with Gasteiger partial charge >= 0.3 is 0 Å². The summed E-state index contributed by atoms with van der Waals surface area (Å²) in [7, 11) is 0. The van der Waals surface area contributed by atoms with Crippen molar-refractivity contribution in [3.63, 3.8) is 0 Å². The Balaban J connectivity index is 1.36. The van der Waals surface area contributed by atoms with Gasteiger partial charge in [0.2, 0.25) is 0 Å². The fraction of sp³-hybridized carbons (Fsp3) is 0.318. The zero-order valence-electron chi connectivity index (χ0n) is 16.0.